The van der Waals surface area contributed by atoms with Crippen molar-refractivity contribution in [2.75, 3.05) is 16.8 Å². The highest BCUT2D eigenvalue weighted by atomic mass is 32.2. The van der Waals surface area contributed by atoms with Crippen molar-refractivity contribution in [3.8, 4) is 11.3 Å². The normalized spacial score (nSPS) is 17.6. The van der Waals surface area contributed by atoms with E-state index in [9.17, 15) is 21.6 Å². The third-order valence-electron chi connectivity index (χ3n) is 5.32. The van der Waals surface area contributed by atoms with E-state index in [1.807, 2.05) is 42.5 Å². The van der Waals surface area contributed by atoms with Gasteiger partial charge in [0.1, 0.15) is 11.5 Å². The molecule has 4 rings (SSSR count). The van der Waals surface area contributed by atoms with Crippen molar-refractivity contribution in [3.05, 3.63) is 72.5 Å². The van der Waals surface area contributed by atoms with Crippen LogP contribution >= 0.6 is 0 Å². The average molecular weight is 489 g/mol. The molecule has 174 valence electrons. The van der Waals surface area contributed by atoms with Gasteiger partial charge >= 0.3 is 0 Å². The quantitative estimate of drug-likeness (QED) is 0.503. The average Bonchev–Trinajstić information content (AvgIpc) is 3.39. The summed E-state index contributed by atoms with van der Waals surface area (Å²) in [6.07, 6.45) is 0.900. The first kappa shape index (κ1) is 23.2. The van der Waals surface area contributed by atoms with Gasteiger partial charge in [-0.15, -0.1) is 0 Å². The summed E-state index contributed by atoms with van der Waals surface area (Å²) in [4.78, 5) is 12.3. The Labute approximate surface area is 193 Å². The van der Waals surface area contributed by atoms with E-state index in [-0.39, 0.29) is 35.2 Å². The number of amides is 1. The van der Waals surface area contributed by atoms with Gasteiger partial charge in [0.25, 0.3) is 0 Å². The number of anilines is 1. The van der Waals surface area contributed by atoms with Gasteiger partial charge in [0, 0.05) is 30.1 Å². The minimum Gasteiger partial charge on any atom is -0.461 e. The second-order valence-corrected chi connectivity index (χ2v) is 11.9. The molecule has 1 unspecified atom stereocenters. The minimum absolute atomic E-state index is 0.00817. The fraction of sp³-hybridized carbons (Fsp3) is 0.261. The smallest absolute Gasteiger partial charge is 0.240 e. The molecule has 2 aromatic carbocycles. The second kappa shape index (κ2) is 9.50. The predicted octanol–water partition coefficient (Wildman–Crippen LogP) is 2.98. The van der Waals surface area contributed by atoms with Crippen LogP contribution in [0.25, 0.3) is 11.3 Å². The number of nitrogens with one attached hydrogen (secondary N) is 2. The molecule has 1 aliphatic rings. The van der Waals surface area contributed by atoms with Crippen LogP contribution < -0.4 is 10.0 Å². The molecule has 1 fully saturated rings. The Bertz CT molecular complexity index is 1330. The van der Waals surface area contributed by atoms with Gasteiger partial charge in [0.2, 0.25) is 15.9 Å². The molecule has 1 saturated heterocycles. The van der Waals surface area contributed by atoms with E-state index in [1.54, 1.807) is 0 Å². The maximum absolute atomic E-state index is 12.5. The third kappa shape index (κ3) is 6.10. The number of carbonyl (C=O) groups excluding carboxylic acids is 1. The van der Waals surface area contributed by atoms with Crippen molar-refractivity contribution in [3.63, 3.8) is 0 Å². The first-order valence-corrected chi connectivity index (χ1v) is 13.8. The van der Waals surface area contributed by atoms with E-state index >= 15 is 0 Å². The van der Waals surface area contributed by atoms with Crippen LogP contribution in [0, 0.1) is 0 Å². The van der Waals surface area contributed by atoms with Gasteiger partial charge in [0.05, 0.1) is 16.4 Å². The largest absolute Gasteiger partial charge is 0.461 e. The lowest BCUT2D eigenvalue weighted by Crippen LogP contribution is -2.35. The molecule has 0 bridgehead atoms. The predicted molar refractivity (Wildman–Crippen MR) is 125 cm³/mol. The summed E-state index contributed by atoms with van der Waals surface area (Å²) >= 11 is 0. The molecule has 1 atom stereocenters. The van der Waals surface area contributed by atoms with Crippen molar-refractivity contribution in [2.24, 2.45) is 0 Å². The lowest BCUT2D eigenvalue weighted by atomic mass is 10.2. The highest BCUT2D eigenvalue weighted by molar-refractivity contribution is 7.92. The fourth-order valence-electron chi connectivity index (χ4n) is 3.62. The number of carbonyl (C=O) groups is 1. The Morgan fingerprint density at radius 3 is 2.39 bits per heavy atom. The Morgan fingerprint density at radius 1 is 1.00 bits per heavy atom. The van der Waals surface area contributed by atoms with Crippen LogP contribution in [0.15, 0.2) is 76.0 Å². The van der Waals surface area contributed by atoms with Gasteiger partial charge in [0.15, 0.2) is 9.84 Å². The Hall–Kier alpha value is -2.95. The third-order valence-corrected chi connectivity index (χ3v) is 8.63. The highest BCUT2D eigenvalue weighted by Gasteiger charge is 2.31. The maximum Gasteiger partial charge on any atom is 0.240 e. The molecule has 8 nitrogen and oxygen atoms in total. The first-order valence-electron chi connectivity index (χ1n) is 10.5. The van der Waals surface area contributed by atoms with Crippen LogP contribution in [0.2, 0.25) is 0 Å². The molecular weight excluding hydrogens is 464 g/mol. The summed E-state index contributed by atoms with van der Waals surface area (Å²) in [5.41, 5.74) is 1.43. The number of furan rings is 1. The zero-order valence-electron chi connectivity index (χ0n) is 17.7. The molecule has 1 amide bonds. The molecule has 0 radical (unpaired) electrons. The lowest BCUT2D eigenvalue weighted by Gasteiger charge is -2.12. The summed E-state index contributed by atoms with van der Waals surface area (Å²) in [5.74, 6) is 1.01. The Morgan fingerprint density at radius 2 is 1.73 bits per heavy atom. The van der Waals surface area contributed by atoms with E-state index < -0.39 is 25.9 Å². The molecule has 33 heavy (non-hydrogen) atoms. The maximum atomic E-state index is 12.5. The van der Waals surface area contributed by atoms with E-state index in [0.717, 1.165) is 11.3 Å². The summed E-state index contributed by atoms with van der Waals surface area (Å²) in [6, 6.07) is 18.5. The molecular formula is C23H24N2O6S2. The van der Waals surface area contributed by atoms with Crippen LogP contribution in [0.5, 0.6) is 0 Å². The fourth-order valence-corrected chi connectivity index (χ4v) is 6.67. The molecule has 1 aliphatic heterocycles. The molecule has 10 heteroatoms. The second-order valence-electron chi connectivity index (χ2n) is 7.93. The van der Waals surface area contributed by atoms with Crippen LogP contribution in [-0.2, 0) is 31.1 Å². The van der Waals surface area contributed by atoms with Crippen LogP contribution in [0.4, 0.5) is 5.69 Å². The summed E-state index contributed by atoms with van der Waals surface area (Å²) < 4.78 is 56.3. The van der Waals surface area contributed by atoms with Gasteiger partial charge < -0.3 is 9.73 Å². The van der Waals surface area contributed by atoms with Crippen molar-refractivity contribution >= 4 is 31.5 Å². The zero-order valence-corrected chi connectivity index (χ0v) is 19.4. The number of hydrogen-bond acceptors (Lipinski definition) is 6. The number of hydrogen-bond donors (Lipinski definition) is 2. The standard InChI is InChI=1S/C23H24N2O6S2/c26-23(13-9-20-8-12-22(31-20)17-4-2-1-3-5-17)24-18-6-10-21(11-7-18)33(29,30)25-19-14-15-32(27,28)16-19/h1-8,10-12,19,25H,9,13-16H2,(H,24,26). The number of benzene rings is 2. The van der Waals surface area contributed by atoms with E-state index in [1.165, 1.54) is 24.3 Å². The summed E-state index contributed by atoms with van der Waals surface area (Å²) in [7, 11) is -7.04. The topological polar surface area (TPSA) is 123 Å². The lowest BCUT2D eigenvalue weighted by molar-refractivity contribution is -0.116. The van der Waals surface area contributed by atoms with E-state index in [4.69, 9.17) is 4.42 Å². The van der Waals surface area contributed by atoms with E-state index in [0.29, 0.717) is 17.9 Å². The minimum atomic E-state index is -3.85. The molecule has 2 N–H and O–H groups in total. The molecule has 0 aliphatic carbocycles. The van der Waals surface area contributed by atoms with Crippen molar-refractivity contribution in [1.82, 2.24) is 4.72 Å². The molecule has 3 aromatic rings. The van der Waals surface area contributed by atoms with Crippen LogP contribution in [-0.4, -0.2) is 40.3 Å². The van der Waals surface area contributed by atoms with Gasteiger partial charge in [-0.1, -0.05) is 30.3 Å². The van der Waals surface area contributed by atoms with Crippen LogP contribution in [0.1, 0.15) is 18.6 Å². The van der Waals surface area contributed by atoms with Crippen molar-refractivity contribution in [2.45, 2.75) is 30.2 Å². The van der Waals surface area contributed by atoms with Crippen molar-refractivity contribution < 1.29 is 26.0 Å². The zero-order chi connectivity index (χ0) is 23.5. The number of aryl methyl sites for hydroxylation is 1. The van der Waals surface area contributed by atoms with Gasteiger partial charge in [-0.2, -0.15) is 0 Å². The number of rotatable bonds is 8. The van der Waals surface area contributed by atoms with Crippen molar-refractivity contribution in [1.29, 1.82) is 0 Å². The highest BCUT2D eigenvalue weighted by Crippen LogP contribution is 2.23. The van der Waals surface area contributed by atoms with Gasteiger partial charge in [-0.3, -0.25) is 4.79 Å². The molecule has 2 heterocycles. The first-order chi connectivity index (χ1) is 15.7. The van der Waals surface area contributed by atoms with Gasteiger partial charge in [-0.25, -0.2) is 21.6 Å². The summed E-state index contributed by atoms with van der Waals surface area (Å²) in [5, 5.41) is 2.74. The Balaban J connectivity index is 1.30. The van der Waals surface area contributed by atoms with Gasteiger partial charge in [-0.05, 0) is 42.8 Å². The molecule has 0 spiro atoms. The number of sulfonamides is 1. The SMILES string of the molecule is O=C(CCc1ccc(-c2ccccc2)o1)Nc1ccc(S(=O)(=O)NC2CCS(=O)(=O)C2)cc1. The summed E-state index contributed by atoms with van der Waals surface area (Å²) in [6.45, 7) is 0. The van der Waals surface area contributed by atoms with E-state index in [2.05, 4.69) is 10.0 Å². The Kier molecular flexibility index (Phi) is 6.68. The van der Waals surface area contributed by atoms with Crippen LogP contribution in [0.3, 0.4) is 0 Å². The molecule has 1 aromatic heterocycles. The number of sulfone groups is 1. The monoisotopic (exact) mass is 488 g/mol. The molecule has 0 saturated carbocycles.